The standard InChI is InChI=1S/C14H12N2O3/c15-11-6-5-8(7-12(11)16)13(17)9-3-1-2-4-10(9)14(18)19/h1-7H,15-16H2,(H,18,19). The lowest BCUT2D eigenvalue weighted by Crippen LogP contribution is -2.10. The SMILES string of the molecule is Nc1ccc(C(=O)c2ccccc2C(=O)O)cc1N. The van der Waals surface area contributed by atoms with E-state index in [4.69, 9.17) is 16.6 Å². The van der Waals surface area contributed by atoms with E-state index in [2.05, 4.69) is 0 Å². The maximum atomic E-state index is 12.3. The highest BCUT2D eigenvalue weighted by atomic mass is 16.4. The van der Waals surface area contributed by atoms with Crippen molar-refractivity contribution in [2.45, 2.75) is 0 Å². The van der Waals surface area contributed by atoms with Crippen LogP contribution in [0.3, 0.4) is 0 Å². The first-order valence-electron chi connectivity index (χ1n) is 5.52. The number of rotatable bonds is 3. The van der Waals surface area contributed by atoms with E-state index in [1.165, 1.54) is 30.3 Å². The van der Waals surface area contributed by atoms with Gasteiger partial charge in [-0.15, -0.1) is 0 Å². The van der Waals surface area contributed by atoms with Crippen LogP contribution >= 0.6 is 0 Å². The minimum Gasteiger partial charge on any atom is -0.478 e. The number of carbonyl (C=O) groups excluding carboxylic acids is 1. The third kappa shape index (κ3) is 2.40. The summed E-state index contributed by atoms with van der Waals surface area (Å²) >= 11 is 0. The third-order valence-electron chi connectivity index (χ3n) is 2.75. The van der Waals surface area contributed by atoms with Crippen LogP contribution in [0.4, 0.5) is 11.4 Å². The Labute approximate surface area is 109 Å². The molecule has 0 saturated heterocycles. The predicted octanol–water partition coefficient (Wildman–Crippen LogP) is 1.78. The van der Waals surface area contributed by atoms with E-state index in [9.17, 15) is 9.59 Å². The molecule has 5 nitrogen and oxygen atoms in total. The minimum absolute atomic E-state index is 0.0390. The molecule has 0 aliphatic carbocycles. The fourth-order valence-corrected chi connectivity index (χ4v) is 1.74. The van der Waals surface area contributed by atoms with Crippen molar-refractivity contribution in [3.63, 3.8) is 0 Å². The Kier molecular flexibility index (Phi) is 3.20. The highest BCUT2D eigenvalue weighted by Crippen LogP contribution is 2.20. The molecule has 96 valence electrons. The van der Waals surface area contributed by atoms with Crippen LogP contribution in [0.25, 0.3) is 0 Å². The first-order valence-corrected chi connectivity index (χ1v) is 5.52. The molecule has 0 saturated carbocycles. The van der Waals surface area contributed by atoms with Gasteiger partial charge in [0.25, 0.3) is 0 Å². The number of nitrogen functional groups attached to an aromatic ring is 2. The molecule has 5 N–H and O–H groups in total. The average molecular weight is 256 g/mol. The molecule has 2 aromatic rings. The molecular formula is C14H12N2O3. The molecule has 0 spiro atoms. The molecule has 0 amide bonds. The van der Waals surface area contributed by atoms with Crippen molar-refractivity contribution < 1.29 is 14.7 Å². The Morgan fingerprint density at radius 2 is 1.53 bits per heavy atom. The van der Waals surface area contributed by atoms with Crippen LogP contribution in [0.15, 0.2) is 42.5 Å². The summed E-state index contributed by atoms with van der Waals surface area (Å²) in [6.45, 7) is 0. The van der Waals surface area contributed by atoms with E-state index in [0.29, 0.717) is 16.9 Å². The molecule has 19 heavy (non-hydrogen) atoms. The molecule has 0 aliphatic rings. The van der Waals surface area contributed by atoms with E-state index in [1.54, 1.807) is 12.1 Å². The van der Waals surface area contributed by atoms with E-state index in [0.717, 1.165) is 0 Å². The monoisotopic (exact) mass is 256 g/mol. The van der Waals surface area contributed by atoms with Gasteiger partial charge < -0.3 is 16.6 Å². The Balaban J connectivity index is 2.50. The first-order chi connectivity index (χ1) is 9.00. The quantitative estimate of drug-likeness (QED) is 0.573. The van der Waals surface area contributed by atoms with Gasteiger partial charge in [0.1, 0.15) is 0 Å². The second-order valence-corrected chi connectivity index (χ2v) is 4.02. The molecule has 2 rings (SSSR count). The van der Waals surface area contributed by atoms with Gasteiger partial charge in [-0.3, -0.25) is 4.79 Å². The fourth-order valence-electron chi connectivity index (χ4n) is 1.74. The van der Waals surface area contributed by atoms with Crippen molar-refractivity contribution in [2.24, 2.45) is 0 Å². The normalized spacial score (nSPS) is 10.1. The third-order valence-corrected chi connectivity index (χ3v) is 2.75. The number of carbonyl (C=O) groups is 2. The first kappa shape index (κ1) is 12.6. The summed E-state index contributed by atoms with van der Waals surface area (Å²) in [6.07, 6.45) is 0. The maximum absolute atomic E-state index is 12.3. The molecule has 0 heterocycles. The Morgan fingerprint density at radius 1 is 0.895 bits per heavy atom. The van der Waals surface area contributed by atoms with Gasteiger partial charge in [-0.05, 0) is 24.3 Å². The number of carboxylic acid groups (broad SMARTS) is 1. The summed E-state index contributed by atoms with van der Waals surface area (Å²) in [5.74, 6) is -1.54. The zero-order chi connectivity index (χ0) is 14.0. The fraction of sp³-hybridized carbons (Fsp3) is 0. The average Bonchev–Trinajstić information content (AvgIpc) is 2.41. The Bertz CT molecular complexity index is 665. The number of ketones is 1. The smallest absolute Gasteiger partial charge is 0.336 e. The minimum atomic E-state index is -1.15. The van der Waals surface area contributed by atoms with Gasteiger partial charge in [0.2, 0.25) is 0 Å². The van der Waals surface area contributed by atoms with Crippen molar-refractivity contribution in [1.29, 1.82) is 0 Å². The number of aromatic carboxylic acids is 1. The van der Waals surface area contributed by atoms with Crippen molar-refractivity contribution in [1.82, 2.24) is 0 Å². The highest BCUT2D eigenvalue weighted by Gasteiger charge is 2.17. The topological polar surface area (TPSA) is 106 Å². The largest absolute Gasteiger partial charge is 0.478 e. The summed E-state index contributed by atoms with van der Waals surface area (Å²) in [5.41, 5.74) is 12.3. The van der Waals surface area contributed by atoms with Gasteiger partial charge >= 0.3 is 5.97 Å². The molecular weight excluding hydrogens is 244 g/mol. The van der Waals surface area contributed by atoms with Crippen LogP contribution in [0.2, 0.25) is 0 Å². The van der Waals surface area contributed by atoms with Gasteiger partial charge in [0.05, 0.1) is 16.9 Å². The van der Waals surface area contributed by atoms with Gasteiger partial charge in [-0.1, -0.05) is 18.2 Å². The van der Waals surface area contributed by atoms with Crippen LogP contribution in [-0.4, -0.2) is 16.9 Å². The lowest BCUT2D eigenvalue weighted by molar-refractivity contribution is 0.0693. The Morgan fingerprint density at radius 3 is 2.11 bits per heavy atom. The zero-order valence-corrected chi connectivity index (χ0v) is 9.96. The van der Waals surface area contributed by atoms with Crippen LogP contribution in [-0.2, 0) is 0 Å². The molecule has 0 aliphatic heterocycles. The molecule has 2 aromatic carbocycles. The number of anilines is 2. The van der Waals surface area contributed by atoms with Crippen molar-refractivity contribution in [3.05, 3.63) is 59.2 Å². The van der Waals surface area contributed by atoms with Crippen molar-refractivity contribution in [2.75, 3.05) is 11.5 Å². The second kappa shape index (κ2) is 4.81. The molecule has 0 atom stereocenters. The molecule has 0 bridgehead atoms. The van der Waals surface area contributed by atoms with Gasteiger partial charge in [0.15, 0.2) is 5.78 Å². The van der Waals surface area contributed by atoms with Crippen molar-refractivity contribution >= 4 is 23.1 Å². The van der Waals surface area contributed by atoms with Crippen LogP contribution in [0.5, 0.6) is 0 Å². The second-order valence-electron chi connectivity index (χ2n) is 4.02. The molecule has 5 heteroatoms. The number of hydrogen-bond acceptors (Lipinski definition) is 4. The summed E-state index contributed by atoms with van der Waals surface area (Å²) in [4.78, 5) is 23.4. The molecule has 0 fully saturated rings. The van der Waals surface area contributed by atoms with E-state index in [1.807, 2.05) is 0 Å². The number of hydrogen-bond donors (Lipinski definition) is 3. The summed E-state index contributed by atoms with van der Waals surface area (Å²) in [5, 5.41) is 9.06. The molecule has 0 unspecified atom stereocenters. The van der Waals surface area contributed by atoms with E-state index >= 15 is 0 Å². The van der Waals surface area contributed by atoms with Gasteiger partial charge in [-0.25, -0.2) is 4.79 Å². The van der Waals surface area contributed by atoms with Crippen LogP contribution in [0.1, 0.15) is 26.3 Å². The zero-order valence-electron chi connectivity index (χ0n) is 9.96. The highest BCUT2D eigenvalue weighted by molar-refractivity contribution is 6.14. The Hall–Kier alpha value is -2.82. The summed E-state index contributed by atoms with van der Waals surface area (Å²) < 4.78 is 0. The van der Waals surface area contributed by atoms with Crippen LogP contribution in [0, 0.1) is 0 Å². The molecule has 0 aromatic heterocycles. The maximum Gasteiger partial charge on any atom is 0.336 e. The van der Waals surface area contributed by atoms with Crippen LogP contribution < -0.4 is 11.5 Å². The number of carboxylic acids is 1. The summed E-state index contributed by atoms with van der Waals surface area (Å²) in [6, 6.07) is 10.5. The van der Waals surface area contributed by atoms with Crippen molar-refractivity contribution in [3.8, 4) is 0 Å². The van der Waals surface area contributed by atoms with Gasteiger partial charge in [0, 0.05) is 11.1 Å². The lowest BCUT2D eigenvalue weighted by atomic mass is 9.98. The predicted molar refractivity (Wildman–Crippen MR) is 72.1 cm³/mol. The molecule has 0 radical (unpaired) electrons. The van der Waals surface area contributed by atoms with E-state index in [-0.39, 0.29) is 11.1 Å². The van der Waals surface area contributed by atoms with E-state index < -0.39 is 11.8 Å². The number of nitrogens with two attached hydrogens (primary N) is 2. The van der Waals surface area contributed by atoms with Gasteiger partial charge in [-0.2, -0.15) is 0 Å². The lowest BCUT2D eigenvalue weighted by Gasteiger charge is -2.07. The number of benzene rings is 2. The summed E-state index contributed by atoms with van der Waals surface area (Å²) in [7, 11) is 0.